The maximum Gasteiger partial charge on any atom is 0.267 e. The van der Waals surface area contributed by atoms with Crippen LogP contribution < -0.4 is 16.0 Å². The number of carbonyl (C=O) groups excluding carboxylic acids is 1. The summed E-state index contributed by atoms with van der Waals surface area (Å²) >= 11 is 0. The Labute approximate surface area is 232 Å². The molecule has 214 valence electrons. The Morgan fingerprint density at radius 2 is 2.00 bits per heavy atom. The van der Waals surface area contributed by atoms with Gasteiger partial charge < -0.3 is 25.6 Å². The van der Waals surface area contributed by atoms with Crippen molar-refractivity contribution in [1.29, 1.82) is 0 Å². The molecule has 2 heterocycles. The minimum Gasteiger partial charge on any atom is -0.377 e. The Bertz CT molecular complexity index is 804. The van der Waals surface area contributed by atoms with Crippen molar-refractivity contribution < 1.29 is 9.53 Å². The highest BCUT2D eigenvalue weighted by molar-refractivity contribution is 5.93. The molecule has 1 unspecified atom stereocenters. The van der Waals surface area contributed by atoms with Crippen LogP contribution in [0.15, 0.2) is 59.4 Å². The Hall–Kier alpha value is -2.15. The predicted molar refractivity (Wildman–Crippen MR) is 161 cm³/mol. The van der Waals surface area contributed by atoms with Gasteiger partial charge in [0.05, 0.1) is 18.9 Å². The smallest absolute Gasteiger partial charge is 0.267 e. The van der Waals surface area contributed by atoms with Crippen LogP contribution in [0.3, 0.4) is 0 Å². The van der Waals surface area contributed by atoms with Crippen LogP contribution in [-0.2, 0) is 9.53 Å². The minimum atomic E-state index is -0.0151. The molecule has 38 heavy (non-hydrogen) atoms. The van der Waals surface area contributed by atoms with Gasteiger partial charge in [-0.1, -0.05) is 74.8 Å². The van der Waals surface area contributed by atoms with Crippen LogP contribution in [0.2, 0.25) is 0 Å². The first-order valence-corrected chi connectivity index (χ1v) is 15.1. The summed E-state index contributed by atoms with van der Waals surface area (Å²) in [5.74, 6) is -0.0151. The van der Waals surface area contributed by atoms with Crippen LogP contribution in [-0.4, -0.2) is 69.3 Å². The first kappa shape index (κ1) is 32.1. The largest absolute Gasteiger partial charge is 0.377 e. The molecule has 6 nitrogen and oxygen atoms in total. The maximum atomic E-state index is 13.1. The van der Waals surface area contributed by atoms with E-state index in [0.717, 1.165) is 45.3 Å². The van der Waals surface area contributed by atoms with E-state index in [0.29, 0.717) is 31.9 Å². The third-order valence-corrected chi connectivity index (χ3v) is 7.33. The molecule has 0 aromatic carbocycles. The molecule has 1 fully saturated rings. The molecule has 0 spiro atoms. The SMILES string of the molecule is C/C=C\C=C(/CC)CCOC/C1=C/C=C\CN/C(C(=O)NC(CC)CCNCCN2CCCCCC2)=C\C1. The van der Waals surface area contributed by atoms with Gasteiger partial charge in [0.2, 0.25) is 0 Å². The van der Waals surface area contributed by atoms with Gasteiger partial charge in [-0.25, -0.2) is 0 Å². The van der Waals surface area contributed by atoms with Gasteiger partial charge in [0.15, 0.2) is 0 Å². The van der Waals surface area contributed by atoms with Crippen LogP contribution in [0.1, 0.15) is 78.6 Å². The Morgan fingerprint density at radius 3 is 2.74 bits per heavy atom. The molecule has 0 aromatic heterocycles. The second-order valence-corrected chi connectivity index (χ2v) is 10.3. The quantitative estimate of drug-likeness (QED) is 0.185. The lowest BCUT2D eigenvalue weighted by atomic mass is 10.1. The molecule has 0 aromatic rings. The predicted octanol–water partition coefficient (Wildman–Crippen LogP) is 5.42. The van der Waals surface area contributed by atoms with Crippen molar-refractivity contribution >= 4 is 5.91 Å². The number of allylic oxidation sites excluding steroid dienone is 6. The topological polar surface area (TPSA) is 65.6 Å². The maximum absolute atomic E-state index is 13.1. The van der Waals surface area contributed by atoms with Gasteiger partial charge >= 0.3 is 0 Å². The Kier molecular flexibility index (Phi) is 17.5. The molecule has 2 rings (SSSR count). The lowest BCUT2D eigenvalue weighted by Crippen LogP contribution is -2.41. The number of hydrogen-bond donors (Lipinski definition) is 3. The highest BCUT2D eigenvalue weighted by Crippen LogP contribution is 2.12. The summed E-state index contributed by atoms with van der Waals surface area (Å²) in [7, 11) is 0. The van der Waals surface area contributed by atoms with Crippen LogP contribution in [0, 0.1) is 0 Å². The van der Waals surface area contributed by atoms with Crippen LogP contribution in [0.4, 0.5) is 0 Å². The van der Waals surface area contributed by atoms with Gasteiger partial charge in [0.1, 0.15) is 0 Å². The second kappa shape index (κ2) is 20.8. The van der Waals surface area contributed by atoms with E-state index in [9.17, 15) is 4.79 Å². The standard InChI is InChI=1S/C32H54N4O2/c1-4-7-14-28(5-2)19-26-38-27-29-15-10-11-20-34-31(17-16-29)32(37)35-30(6-3)18-21-33-22-25-36-23-12-8-9-13-24-36/h4,7,10-11,14-15,17,30,33-34H,5-6,8-9,12-13,16,18-27H2,1-3H3,(H,35,37)/b7-4-,11-10-,28-14+,29-15+,31-17-. The van der Waals surface area contributed by atoms with Crippen molar-refractivity contribution in [2.75, 3.05) is 52.5 Å². The van der Waals surface area contributed by atoms with Gasteiger partial charge in [-0.2, -0.15) is 0 Å². The summed E-state index contributed by atoms with van der Waals surface area (Å²) in [6.45, 7) is 13.8. The molecule has 1 amide bonds. The van der Waals surface area contributed by atoms with Crippen LogP contribution in [0.25, 0.3) is 0 Å². The van der Waals surface area contributed by atoms with Crippen molar-refractivity contribution in [2.45, 2.75) is 84.6 Å². The van der Waals surface area contributed by atoms with Gasteiger partial charge in [-0.3, -0.25) is 4.79 Å². The lowest BCUT2D eigenvalue weighted by molar-refractivity contribution is -0.118. The summed E-state index contributed by atoms with van der Waals surface area (Å²) < 4.78 is 5.98. The number of carbonyl (C=O) groups is 1. The summed E-state index contributed by atoms with van der Waals surface area (Å²) in [6.07, 6.45) is 24.5. The Balaban J connectivity index is 1.74. The number of rotatable bonds is 16. The zero-order chi connectivity index (χ0) is 27.3. The van der Waals surface area contributed by atoms with E-state index in [2.05, 4.69) is 65.1 Å². The first-order valence-electron chi connectivity index (χ1n) is 15.1. The fourth-order valence-corrected chi connectivity index (χ4v) is 4.75. The Morgan fingerprint density at radius 1 is 1.18 bits per heavy atom. The third kappa shape index (κ3) is 14.1. The van der Waals surface area contributed by atoms with E-state index in [1.165, 1.54) is 49.9 Å². The van der Waals surface area contributed by atoms with E-state index in [4.69, 9.17) is 4.74 Å². The van der Waals surface area contributed by atoms with E-state index in [-0.39, 0.29) is 11.9 Å². The zero-order valence-electron chi connectivity index (χ0n) is 24.4. The summed E-state index contributed by atoms with van der Waals surface area (Å²) in [6, 6.07) is 0.167. The summed E-state index contributed by atoms with van der Waals surface area (Å²) in [4.78, 5) is 15.7. The average molecular weight is 527 g/mol. The number of nitrogens with one attached hydrogen (secondary N) is 3. The summed E-state index contributed by atoms with van der Waals surface area (Å²) in [5, 5.41) is 10.1. The van der Waals surface area contributed by atoms with E-state index in [1.807, 2.05) is 19.1 Å². The monoisotopic (exact) mass is 526 g/mol. The number of ether oxygens (including phenoxy) is 1. The molecule has 0 aliphatic carbocycles. The van der Waals surface area contributed by atoms with E-state index >= 15 is 0 Å². The number of likely N-dealkylation sites (tertiary alicyclic amines) is 1. The van der Waals surface area contributed by atoms with E-state index in [1.54, 1.807) is 0 Å². The number of amides is 1. The molecule has 2 aliphatic heterocycles. The first-order chi connectivity index (χ1) is 18.7. The normalized spacial score (nSPS) is 22.1. The van der Waals surface area contributed by atoms with Gasteiger partial charge in [0, 0.05) is 25.7 Å². The summed E-state index contributed by atoms with van der Waals surface area (Å²) in [5.41, 5.74) is 3.22. The van der Waals surface area contributed by atoms with Crippen molar-refractivity contribution in [2.24, 2.45) is 0 Å². The van der Waals surface area contributed by atoms with Crippen LogP contribution >= 0.6 is 0 Å². The van der Waals surface area contributed by atoms with E-state index < -0.39 is 0 Å². The fourth-order valence-electron chi connectivity index (χ4n) is 4.75. The van der Waals surface area contributed by atoms with Crippen molar-refractivity contribution in [3.8, 4) is 0 Å². The molecule has 1 atom stereocenters. The minimum absolute atomic E-state index is 0.0151. The highest BCUT2D eigenvalue weighted by Gasteiger charge is 2.15. The molecule has 3 N–H and O–H groups in total. The van der Waals surface area contributed by atoms with Crippen molar-refractivity contribution in [3.63, 3.8) is 0 Å². The highest BCUT2D eigenvalue weighted by atomic mass is 16.5. The number of hydrogen-bond acceptors (Lipinski definition) is 5. The molecule has 0 bridgehead atoms. The molecule has 0 radical (unpaired) electrons. The number of nitrogens with zero attached hydrogens (tertiary/aromatic N) is 1. The lowest BCUT2D eigenvalue weighted by Gasteiger charge is -2.21. The average Bonchev–Trinajstić information content (AvgIpc) is 3.14. The van der Waals surface area contributed by atoms with Gasteiger partial charge in [-0.15, -0.1) is 0 Å². The molecular weight excluding hydrogens is 472 g/mol. The molecule has 6 heteroatoms. The van der Waals surface area contributed by atoms with Gasteiger partial charge in [0.25, 0.3) is 5.91 Å². The van der Waals surface area contributed by atoms with Crippen molar-refractivity contribution in [1.82, 2.24) is 20.9 Å². The van der Waals surface area contributed by atoms with Crippen molar-refractivity contribution in [3.05, 3.63) is 59.4 Å². The van der Waals surface area contributed by atoms with Crippen LogP contribution in [0.5, 0.6) is 0 Å². The molecule has 0 saturated carbocycles. The zero-order valence-corrected chi connectivity index (χ0v) is 24.4. The molecule has 1 saturated heterocycles. The second-order valence-electron chi connectivity index (χ2n) is 10.3. The van der Waals surface area contributed by atoms with Gasteiger partial charge in [-0.05, 0) is 77.1 Å². The fraction of sp³-hybridized carbons (Fsp3) is 0.656. The molecular formula is C32H54N4O2. The molecule has 2 aliphatic rings. The third-order valence-electron chi connectivity index (χ3n) is 7.33.